The molecule has 0 atom stereocenters. The first-order valence-corrected chi connectivity index (χ1v) is 4.85. The number of rotatable bonds is 4. The zero-order valence-corrected chi connectivity index (χ0v) is 9.20. The van der Waals surface area contributed by atoms with E-state index < -0.39 is 16.0 Å². The molecule has 0 N–H and O–H groups in total. The van der Waals surface area contributed by atoms with Gasteiger partial charge in [0.2, 0.25) is 12.7 Å². The van der Waals surface area contributed by atoms with Crippen molar-refractivity contribution in [2.75, 3.05) is 0 Å². The molecular weight excluding hydrogens is 244 g/mol. The first-order valence-electron chi connectivity index (χ1n) is 4.85. The third-order valence-electron chi connectivity index (χ3n) is 2.41. The Morgan fingerprint density at radius 3 is 1.72 bits per heavy atom. The molecule has 2 rings (SSSR count). The van der Waals surface area contributed by atoms with Crippen molar-refractivity contribution in [3.8, 4) is 0 Å². The maximum atomic E-state index is 10.5. The number of hydrogen-bond acceptors (Lipinski definition) is 6. The second-order valence-electron chi connectivity index (χ2n) is 3.50. The number of nitro groups is 2. The molecule has 0 aliphatic rings. The summed E-state index contributed by atoms with van der Waals surface area (Å²) in [7, 11) is 0. The quantitative estimate of drug-likeness (QED) is 0.589. The molecule has 10 heteroatoms. The predicted octanol–water partition coefficient (Wildman–Crippen LogP) is 0.963. The minimum atomic E-state index is -0.612. The van der Waals surface area contributed by atoms with Gasteiger partial charge in [-0.05, 0) is 26.7 Å². The monoisotopic (exact) mass is 252 g/mol. The van der Waals surface area contributed by atoms with Crippen molar-refractivity contribution in [3.05, 3.63) is 45.3 Å². The van der Waals surface area contributed by atoms with Crippen molar-refractivity contribution in [1.29, 1.82) is 0 Å². The summed E-state index contributed by atoms with van der Waals surface area (Å²) in [4.78, 5) is 27.0. The number of hydrogen-bond donors (Lipinski definition) is 0. The van der Waals surface area contributed by atoms with Gasteiger partial charge in [-0.25, -0.2) is 0 Å². The molecular formula is C8H8N6O4. The number of nitrogens with zero attached hydrogens (tertiary/aromatic N) is 6. The number of aromatic nitrogens is 4. The van der Waals surface area contributed by atoms with Crippen LogP contribution in [0, 0.1) is 20.2 Å². The van der Waals surface area contributed by atoms with Gasteiger partial charge in [-0.1, -0.05) is 0 Å². The van der Waals surface area contributed by atoms with Crippen LogP contribution >= 0.6 is 0 Å². The standard InChI is InChI=1S/C8H8N6O4/c1-6(11-2-7(9-4-11)13(15)16)12-3-8(10-5-12)14(17)18/h2-6H,1H3. The Morgan fingerprint density at radius 1 is 1.06 bits per heavy atom. The zero-order valence-electron chi connectivity index (χ0n) is 9.20. The fraction of sp³-hybridized carbons (Fsp3) is 0.250. The molecule has 0 radical (unpaired) electrons. The molecule has 0 saturated carbocycles. The van der Waals surface area contributed by atoms with Crippen molar-refractivity contribution < 1.29 is 9.85 Å². The Bertz CT molecular complexity index is 550. The summed E-state index contributed by atoms with van der Waals surface area (Å²) in [6, 6.07) is 0. The van der Waals surface area contributed by atoms with Crippen LogP contribution in [0.3, 0.4) is 0 Å². The summed E-state index contributed by atoms with van der Waals surface area (Å²) in [6.07, 6.45) is 4.67. The summed E-state index contributed by atoms with van der Waals surface area (Å²) < 4.78 is 2.92. The van der Waals surface area contributed by atoms with Gasteiger partial charge in [-0.3, -0.25) is 9.13 Å². The molecule has 2 heterocycles. The Labute approximate surface area is 99.8 Å². The average molecular weight is 252 g/mol. The molecule has 0 fully saturated rings. The lowest BCUT2D eigenvalue weighted by Crippen LogP contribution is -2.11. The van der Waals surface area contributed by atoms with Crippen LogP contribution in [0.5, 0.6) is 0 Å². The van der Waals surface area contributed by atoms with Gasteiger partial charge in [0.1, 0.15) is 18.6 Å². The fourth-order valence-electron chi connectivity index (χ4n) is 1.40. The summed E-state index contributed by atoms with van der Waals surface area (Å²) >= 11 is 0. The molecule has 2 aromatic heterocycles. The van der Waals surface area contributed by atoms with Gasteiger partial charge in [-0.15, -0.1) is 0 Å². The van der Waals surface area contributed by atoms with Crippen LogP contribution in [0.4, 0.5) is 11.6 Å². The minimum absolute atomic E-state index is 0.281. The van der Waals surface area contributed by atoms with Gasteiger partial charge >= 0.3 is 11.6 Å². The summed E-state index contributed by atoms with van der Waals surface area (Å²) in [5, 5.41) is 21.0. The molecule has 0 aromatic carbocycles. The smallest absolute Gasteiger partial charge is 0.358 e. The van der Waals surface area contributed by atoms with Crippen LogP contribution in [-0.2, 0) is 0 Å². The van der Waals surface area contributed by atoms with E-state index >= 15 is 0 Å². The van der Waals surface area contributed by atoms with E-state index in [4.69, 9.17) is 0 Å². The summed E-state index contributed by atoms with van der Waals surface area (Å²) in [6.45, 7) is 1.71. The zero-order chi connectivity index (χ0) is 13.3. The molecule has 0 spiro atoms. The maximum absolute atomic E-state index is 10.5. The average Bonchev–Trinajstić information content (AvgIpc) is 2.97. The second kappa shape index (κ2) is 4.24. The molecule has 0 aliphatic carbocycles. The van der Waals surface area contributed by atoms with Gasteiger partial charge in [0.05, 0.1) is 0 Å². The van der Waals surface area contributed by atoms with Crippen LogP contribution in [-0.4, -0.2) is 28.9 Å². The highest BCUT2D eigenvalue weighted by Gasteiger charge is 2.18. The highest BCUT2D eigenvalue weighted by molar-refractivity contribution is 5.15. The van der Waals surface area contributed by atoms with Gasteiger partial charge in [0.15, 0.2) is 0 Å². The van der Waals surface area contributed by atoms with Crippen molar-refractivity contribution in [1.82, 2.24) is 19.1 Å². The normalized spacial score (nSPS) is 10.8. The molecule has 18 heavy (non-hydrogen) atoms. The Morgan fingerprint density at radius 2 is 1.44 bits per heavy atom. The van der Waals surface area contributed by atoms with E-state index in [1.54, 1.807) is 6.92 Å². The third kappa shape index (κ3) is 2.03. The molecule has 2 aromatic rings. The van der Waals surface area contributed by atoms with Crippen molar-refractivity contribution in [2.24, 2.45) is 0 Å². The predicted molar refractivity (Wildman–Crippen MR) is 57.9 cm³/mol. The Balaban J connectivity index is 2.26. The van der Waals surface area contributed by atoms with E-state index in [2.05, 4.69) is 9.97 Å². The van der Waals surface area contributed by atoms with Crippen LogP contribution < -0.4 is 0 Å². The van der Waals surface area contributed by atoms with Gasteiger partial charge < -0.3 is 20.2 Å². The van der Waals surface area contributed by atoms with Crippen LogP contribution in [0.1, 0.15) is 13.1 Å². The molecule has 10 nitrogen and oxygen atoms in total. The van der Waals surface area contributed by atoms with Crippen LogP contribution in [0.25, 0.3) is 0 Å². The third-order valence-corrected chi connectivity index (χ3v) is 2.41. The number of imidazole rings is 2. The van der Waals surface area contributed by atoms with Crippen molar-refractivity contribution >= 4 is 11.6 Å². The largest absolute Gasteiger partial charge is 0.381 e. The first-order chi connectivity index (χ1) is 8.49. The lowest BCUT2D eigenvalue weighted by Gasteiger charge is -2.10. The molecule has 0 bridgehead atoms. The van der Waals surface area contributed by atoms with E-state index in [-0.39, 0.29) is 11.6 Å². The summed E-state index contributed by atoms with van der Waals surface area (Å²) in [5.74, 6) is -0.562. The van der Waals surface area contributed by atoms with E-state index in [1.807, 2.05) is 0 Å². The second-order valence-corrected chi connectivity index (χ2v) is 3.50. The van der Waals surface area contributed by atoms with Crippen molar-refractivity contribution in [2.45, 2.75) is 13.1 Å². The molecule has 0 unspecified atom stereocenters. The molecule has 0 amide bonds. The SMILES string of the molecule is CC(n1cnc([N+](=O)[O-])c1)n1cnc([N+](=O)[O-])c1. The minimum Gasteiger partial charge on any atom is -0.358 e. The topological polar surface area (TPSA) is 122 Å². The lowest BCUT2D eigenvalue weighted by molar-refractivity contribution is -0.389. The van der Waals surface area contributed by atoms with Crippen LogP contribution in [0.15, 0.2) is 25.0 Å². The lowest BCUT2D eigenvalue weighted by atomic mass is 10.5. The van der Waals surface area contributed by atoms with Gasteiger partial charge in [-0.2, -0.15) is 0 Å². The van der Waals surface area contributed by atoms with E-state index in [0.29, 0.717) is 0 Å². The van der Waals surface area contributed by atoms with E-state index in [9.17, 15) is 20.2 Å². The fourth-order valence-corrected chi connectivity index (χ4v) is 1.40. The Kier molecular flexibility index (Phi) is 2.75. The Hall–Kier alpha value is -2.78. The van der Waals surface area contributed by atoms with Gasteiger partial charge in [0.25, 0.3) is 0 Å². The molecule has 94 valence electrons. The van der Waals surface area contributed by atoms with Crippen LogP contribution in [0.2, 0.25) is 0 Å². The first kappa shape index (κ1) is 11.7. The highest BCUT2D eigenvalue weighted by Crippen LogP contribution is 2.16. The highest BCUT2D eigenvalue weighted by atomic mass is 16.6. The molecule has 0 aliphatic heterocycles. The maximum Gasteiger partial charge on any atom is 0.381 e. The molecule has 0 saturated heterocycles. The van der Waals surface area contributed by atoms with E-state index in [1.165, 1.54) is 34.2 Å². The van der Waals surface area contributed by atoms with Gasteiger partial charge in [0, 0.05) is 0 Å². The summed E-state index contributed by atoms with van der Waals surface area (Å²) in [5.41, 5.74) is 0. The van der Waals surface area contributed by atoms with E-state index in [0.717, 1.165) is 0 Å². The van der Waals surface area contributed by atoms with Crippen molar-refractivity contribution in [3.63, 3.8) is 0 Å².